The molecule has 14 heavy (non-hydrogen) atoms. The van der Waals surface area contributed by atoms with E-state index in [9.17, 15) is 13.6 Å². The summed E-state index contributed by atoms with van der Waals surface area (Å²) in [7, 11) is 0. The first kappa shape index (κ1) is 13.6. The maximum Gasteiger partial charge on any atom is 0.282 e. The Balaban J connectivity index is 0.00000169. The summed E-state index contributed by atoms with van der Waals surface area (Å²) in [5.41, 5.74) is 5.52. The van der Waals surface area contributed by atoms with Crippen molar-refractivity contribution in [1.82, 2.24) is 4.90 Å². The predicted molar refractivity (Wildman–Crippen MR) is 51.6 cm³/mol. The van der Waals surface area contributed by atoms with Crippen LogP contribution >= 0.6 is 12.4 Å². The zero-order valence-corrected chi connectivity index (χ0v) is 8.98. The van der Waals surface area contributed by atoms with Crippen molar-refractivity contribution in [3.05, 3.63) is 0 Å². The molecule has 0 aromatic rings. The van der Waals surface area contributed by atoms with Gasteiger partial charge in [0.05, 0.1) is 19.1 Å². The van der Waals surface area contributed by atoms with E-state index in [1.807, 2.05) is 0 Å². The van der Waals surface area contributed by atoms with Crippen LogP contribution in [0.5, 0.6) is 0 Å². The second-order valence-corrected chi connectivity index (χ2v) is 3.82. The van der Waals surface area contributed by atoms with Gasteiger partial charge >= 0.3 is 0 Å². The zero-order chi connectivity index (χ0) is 10.2. The maximum absolute atomic E-state index is 12.4. The van der Waals surface area contributed by atoms with Gasteiger partial charge in [0.2, 0.25) is 5.91 Å². The van der Waals surface area contributed by atoms with Gasteiger partial charge in [0.25, 0.3) is 5.92 Å². The van der Waals surface area contributed by atoms with Gasteiger partial charge in [-0.05, 0) is 5.92 Å². The van der Waals surface area contributed by atoms with Crippen molar-refractivity contribution in [1.29, 1.82) is 0 Å². The number of carbonyl (C=O) groups excluding carboxylic acids is 1. The van der Waals surface area contributed by atoms with Crippen molar-refractivity contribution < 1.29 is 13.6 Å². The lowest BCUT2D eigenvalue weighted by Crippen LogP contribution is -2.62. The van der Waals surface area contributed by atoms with Gasteiger partial charge in [-0.15, -0.1) is 12.4 Å². The third kappa shape index (κ3) is 2.78. The fourth-order valence-corrected chi connectivity index (χ4v) is 1.16. The van der Waals surface area contributed by atoms with E-state index in [4.69, 9.17) is 5.73 Å². The quantitative estimate of drug-likeness (QED) is 0.763. The number of hydrogen-bond acceptors (Lipinski definition) is 2. The van der Waals surface area contributed by atoms with Crippen molar-refractivity contribution in [2.45, 2.75) is 25.8 Å². The highest BCUT2D eigenvalue weighted by atomic mass is 35.5. The summed E-state index contributed by atoms with van der Waals surface area (Å²) in [6, 6.07) is -0.656. The molecule has 1 fully saturated rings. The molecule has 84 valence electrons. The highest BCUT2D eigenvalue weighted by Gasteiger charge is 2.47. The molecule has 6 heteroatoms. The Morgan fingerprint density at radius 1 is 1.43 bits per heavy atom. The molecule has 0 spiro atoms. The lowest BCUT2D eigenvalue weighted by atomic mass is 10.0. The molecule has 1 unspecified atom stereocenters. The summed E-state index contributed by atoms with van der Waals surface area (Å²) in [4.78, 5) is 12.4. The fourth-order valence-electron chi connectivity index (χ4n) is 1.16. The summed E-state index contributed by atoms with van der Waals surface area (Å²) < 4.78 is 24.8. The predicted octanol–water partition coefficient (Wildman–Crippen LogP) is 0.869. The number of alkyl halides is 2. The van der Waals surface area contributed by atoms with Crippen LogP contribution in [0.1, 0.15) is 13.8 Å². The molecule has 1 aliphatic heterocycles. The van der Waals surface area contributed by atoms with Crippen LogP contribution in [0.2, 0.25) is 0 Å². The summed E-state index contributed by atoms with van der Waals surface area (Å²) in [5, 5.41) is 0. The van der Waals surface area contributed by atoms with E-state index in [0.717, 1.165) is 4.90 Å². The van der Waals surface area contributed by atoms with Crippen molar-refractivity contribution >= 4 is 18.3 Å². The van der Waals surface area contributed by atoms with Gasteiger partial charge < -0.3 is 10.6 Å². The van der Waals surface area contributed by atoms with Crippen LogP contribution in [0.15, 0.2) is 0 Å². The van der Waals surface area contributed by atoms with Crippen LogP contribution in [0.4, 0.5) is 8.78 Å². The lowest BCUT2D eigenvalue weighted by Gasteiger charge is -2.40. The largest absolute Gasteiger partial charge is 0.329 e. The van der Waals surface area contributed by atoms with Crippen LogP contribution in [-0.4, -0.2) is 35.9 Å². The second-order valence-electron chi connectivity index (χ2n) is 3.82. The number of hydrogen-bond donors (Lipinski definition) is 1. The molecule has 2 N–H and O–H groups in total. The topological polar surface area (TPSA) is 46.3 Å². The normalized spacial score (nSPS) is 21.1. The number of rotatable bonds is 2. The monoisotopic (exact) mass is 228 g/mol. The van der Waals surface area contributed by atoms with E-state index in [1.54, 1.807) is 13.8 Å². The Morgan fingerprint density at radius 2 is 1.86 bits per heavy atom. The van der Waals surface area contributed by atoms with E-state index in [2.05, 4.69) is 0 Å². The second kappa shape index (κ2) is 4.40. The summed E-state index contributed by atoms with van der Waals surface area (Å²) >= 11 is 0. The molecule has 0 aromatic heterocycles. The van der Waals surface area contributed by atoms with E-state index < -0.39 is 25.1 Å². The molecule has 1 amide bonds. The average molecular weight is 229 g/mol. The molecule has 0 aliphatic carbocycles. The van der Waals surface area contributed by atoms with Crippen LogP contribution < -0.4 is 5.73 Å². The SMILES string of the molecule is CC(C)C(N)C(=O)N1CC(F)(F)C1.Cl. The van der Waals surface area contributed by atoms with Crippen molar-refractivity contribution in [2.75, 3.05) is 13.1 Å². The van der Waals surface area contributed by atoms with Crippen LogP contribution in [0, 0.1) is 5.92 Å². The molecule has 1 aliphatic rings. The van der Waals surface area contributed by atoms with Crippen LogP contribution in [0.25, 0.3) is 0 Å². The van der Waals surface area contributed by atoms with Crippen LogP contribution in [-0.2, 0) is 4.79 Å². The molecular weight excluding hydrogens is 214 g/mol. The minimum Gasteiger partial charge on any atom is -0.329 e. The average Bonchev–Trinajstić information content (AvgIpc) is 1.97. The van der Waals surface area contributed by atoms with Gasteiger partial charge in [-0.1, -0.05) is 13.8 Å². The Kier molecular flexibility index (Phi) is 4.27. The summed E-state index contributed by atoms with van der Waals surface area (Å²) in [5.74, 6) is -3.09. The number of nitrogens with zero attached hydrogens (tertiary/aromatic N) is 1. The molecule has 0 bridgehead atoms. The Morgan fingerprint density at radius 3 is 2.14 bits per heavy atom. The highest BCUT2D eigenvalue weighted by Crippen LogP contribution is 2.27. The zero-order valence-electron chi connectivity index (χ0n) is 8.17. The molecule has 1 saturated heterocycles. The number of likely N-dealkylation sites (tertiary alicyclic amines) is 1. The Labute approximate surface area is 88.0 Å². The fraction of sp³-hybridized carbons (Fsp3) is 0.875. The maximum atomic E-state index is 12.4. The van der Waals surface area contributed by atoms with Gasteiger partial charge in [0, 0.05) is 0 Å². The van der Waals surface area contributed by atoms with Crippen molar-refractivity contribution in [2.24, 2.45) is 11.7 Å². The smallest absolute Gasteiger partial charge is 0.282 e. The molecule has 0 aromatic carbocycles. The van der Waals surface area contributed by atoms with Crippen molar-refractivity contribution in [3.63, 3.8) is 0 Å². The number of carbonyl (C=O) groups is 1. The lowest BCUT2D eigenvalue weighted by molar-refractivity contribution is -0.167. The molecule has 0 radical (unpaired) electrons. The number of nitrogens with two attached hydrogens (primary N) is 1. The third-order valence-electron chi connectivity index (χ3n) is 2.16. The first-order valence-electron chi connectivity index (χ1n) is 4.26. The van der Waals surface area contributed by atoms with Gasteiger partial charge in [0.1, 0.15) is 0 Å². The first-order chi connectivity index (χ1) is 5.83. The van der Waals surface area contributed by atoms with Gasteiger partial charge in [0.15, 0.2) is 0 Å². The molecule has 1 rings (SSSR count). The van der Waals surface area contributed by atoms with E-state index in [1.165, 1.54) is 0 Å². The minimum absolute atomic E-state index is 0. The van der Waals surface area contributed by atoms with E-state index in [-0.39, 0.29) is 24.2 Å². The minimum atomic E-state index is -2.70. The van der Waals surface area contributed by atoms with E-state index in [0.29, 0.717) is 0 Å². The highest BCUT2D eigenvalue weighted by molar-refractivity contribution is 5.85. The molecule has 1 heterocycles. The van der Waals surface area contributed by atoms with Crippen LogP contribution in [0.3, 0.4) is 0 Å². The summed E-state index contributed by atoms with van der Waals surface area (Å²) in [6.07, 6.45) is 0. The van der Waals surface area contributed by atoms with Crippen molar-refractivity contribution in [3.8, 4) is 0 Å². The molecular formula is C8H15ClF2N2O. The first-order valence-corrected chi connectivity index (χ1v) is 4.26. The Bertz CT molecular complexity index is 215. The van der Waals surface area contributed by atoms with Gasteiger partial charge in [-0.3, -0.25) is 4.79 Å². The molecule has 0 saturated carbocycles. The van der Waals surface area contributed by atoms with E-state index >= 15 is 0 Å². The molecule has 1 atom stereocenters. The summed E-state index contributed by atoms with van der Waals surface area (Å²) in [6.45, 7) is 2.62. The van der Waals surface area contributed by atoms with Gasteiger partial charge in [-0.2, -0.15) is 0 Å². The Hall–Kier alpha value is -0.420. The number of halogens is 3. The molecule has 3 nitrogen and oxygen atoms in total. The standard InChI is InChI=1S/C8H14F2N2O.ClH/c1-5(2)6(11)7(13)12-3-8(9,10)4-12;/h5-6H,3-4,11H2,1-2H3;1H. The number of amides is 1. The third-order valence-corrected chi connectivity index (χ3v) is 2.16. The van der Waals surface area contributed by atoms with Gasteiger partial charge in [-0.25, -0.2) is 8.78 Å².